The molecule has 2 aromatic rings. The van der Waals surface area contributed by atoms with Crippen molar-refractivity contribution >= 4 is 6.03 Å². The van der Waals surface area contributed by atoms with E-state index in [4.69, 9.17) is 9.47 Å². The van der Waals surface area contributed by atoms with Crippen LogP contribution in [0.15, 0.2) is 24.3 Å². The molecule has 4 rings (SSSR count). The first-order valence-electron chi connectivity index (χ1n) is 10.4. The molecule has 156 valence electrons. The Kier molecular flexibility index (Phi) is 5.60. The third-order valence-electron chi connectivity index (χ3n) is 5.52. The fraction of sp³-hybridized carbons (Fsp3) is 0.571. The number of para-hydroxylation sites is 2. The standard InChI is InChI=1S/C21H29N5O3/c1-4-25(12-15-13-28-16-8-5-6-9-17(16)29-15)21(27)22-19(14(2)3)20-24-23-18-10-7-11-26(18)20/h5-6,8-9,14-15,19H,4,7,10-13H2,1-3H3,(H,22,27). The van der Waals surface area contributed by atoms with Gasteiger partial charge in [-0.2, -0.15) is 0 Å². The highest BCUT2D eigenvalue weighted by molar-refractivity contribution is 5.74. The summed E-state index contributed by atoms with van der Waals surface area (Å²) in [5, 5.41) is 11.8. The molecule has 0 radical (unpaired) electrons. The normalized spacial score (nSPS) is 18.4. The number of carbonyl (C=O) groups excluding carboxylic acids is 1. The first kappa shape index (κ1) is 19.5. The maximum absolute atomic E-state index is 13.1. The Morgan fingerprint density at radius 1 is 1.31 bits per heavy atom. The minimum Gasteiger partial charge on any atom is -0.486 e. The first-order chi connectivity index (χ1) is 14.1. The third-order valence-corrected chi connectivity index (χ3v) is 5.52. The predicted octanol–water partition coefficient (Wildman–Crippen LogP) is 2.79. The quantitative estimate of drug-likeness (QED) is 0.808. The molecule has 2 aliphatic heterocycles. The summed E-state index contributed by atoms with van der Waals surface area (Å²) >= 11 is 0. The topological polar surface area (TPSA) is 81.5 Å². The van der Waals surface area contributed by atoms with E-state index in [0.717, 1.165) is 42.5 Å². The van der Waals surface area contributed by atoms with Crippen molar-refractivity contribution in [2.45, 2.75) is 52.3 Å². The number of ether oxygens (including phenoxy) is 2. The number of rotatable bonds is 6. The van der Waals surface area contributed by atoms with Crippen molar-refractivity contribution in [3.05, 3.63) is 35.9 Å². The van der Waals surface area contributed by atoms with Crippen molar-refractivity contribution in [1.82, 2.24) is 25.0 Å². The van der Waals surface area contributed by atoms with Gasteiger partial charge in [-0.3, -0.25) is 0 Å². The number of urea groups is 1. The van der Waals surface area contributed by atoms with E-state index in [-0.39, 0.29) is 24.1 Å². The van der Waals surface area contributed by atoms with Crippen molar-refractivity contribution in [3.63, 3.8) is 0 Å². The van der Waals surface area contributed by atoms with Crippen molar-refractivity contribution in [2.24, 2.45) is 5.92 Å². The molecule has 2 amide bonds. The van der Waals surface area contributed by atoms with Crippen molar-refractivity contribution < 1.29 is 14.3 Å². The number of nitrogens with zero attached hydrogens (tertiary/aromatic N) is 4. The number of hydrogen-bond acceptors (Lipinski definition) is 5. The average Bonchev–Trinajstić information content (AvgIpc) is 3.34. The van der Waals surface area contributed by atoms with Gasteiger partial charge in [-0.05, 0) is 31.4 Å². The highest BCUT2D eigenvalue weighted by Crippen LogP contribution is 2.31. The van der Waals surface area contributed by atoms with Crippen LogP contribution < -0.4 is 14.8 Å². The number of benzene rings is 1. The van der Waals surface area contributed by atoms with E-state index in [0.29, 0.717) is 19.7 Å². The second kappa shape index (κ2) is 8.31. The molecule has 3 heterocycles. The van der Waals surface area contributed by atoms with E-state index in [9.17, 15) is 4.79 Å². The van der Waals surface area contributed by atoms with Crippen molar-refractivity contribution in [1.29, 1.82) is 0 Å². The molecule has 8 heteroatoms. The van der Waals surface area contributed by atoms with Gasteiger partial charge in [0.2, 0.25) is 0 Å². The third kappa shape index (κ3) is 4.02. The van der Waals surface area contributed by atoms with E-state index in [2.05, 4.69) is 33.9 Å². The van der Waals surface area contributed by atoms with Gasteiger partial charge in [0.1, 0.15) is 12.4 Å². The van der Waals surface area contributed by atoms with E-state index < -0.39 is 0 Å². The van der Waals surface area contributed by atoms with Crippen LogP contribution in [0.25, 0.3) is 0 Å². The molecule has 0 saturated heterocycles. The Labute approximate surface area is 171 Å². The van der Waals surface area contributed by atoms with Crippen molar-refractivity contribution in [2.75, 3.05) is 19.7 Å². The Bertz CT molecular complexity index is 866. The smallest absolute Gasteiger partial charge is 0.318 e. The van der Waals surface area contributed by atoms with Gasteiger partial charge in [0.05, 0.1) is 12.6 Å². The number of carbonyl (C=O) groups is 1. The summed E-state index contributed by atoms with van der Waals surface area (Å²) < 4.78 is 14.0. The van der Waals surface area contributed by atoms with Gasteiger partial charge in [0.15, 0.2) is 23.4 Å². The Balaban J connectivity index is 1.42. The Hall–Kier alpha value is -2.77. The van der Waals surface area contributed by atoms with E-state index in [1.807, 2.05) is 31.2 Å². The molecule has 0 aliphatic carbocycles. The molecular formula is C21H29N5O3. The van der Waals surface area contributed by atoms with Crippen LogP contribution in [-0.4, -0.2) is 51.5 Å². The maximum Gasteiger partial charge on any atom is 0.318 e. The lowest BCUT2D eigenvalue weighted by atomic mass is 10.0. The molecule has 0 bridgehead atoms. The number of amides is 2. The first-order valence-corrected chi connectivity index (χ1v) is 10.4. The summed E-state index contributed by atoms with van der Waals surface area (Å²) in [6.45, 7) is 8.53. The van der Waals surface area contributed by atoms with Gasteiger partial charge in [-0.15, -0.1) is 10.2 Å². The van der Waals surface area contributed by atoms with Crippen molar-refractivity contribution in [3.8, 4) is 11.5 Å². The predicted molar refractivity (Wildman–Crippen MR) is 108 cm³/mol. The largest absolute Gasteiger partial charge is 0.486 e. The summed E-state index contributed by atoms with van der Waals surface area (Å²) in [5.41, 5.74) is 0. The summed E-state index contributed by atoms with van der Waals surface area (Å²) in [6.07, 6.45) is 1.83. The fourth-order valence-corrected chi connectivity index (χ4v) is 3.91. The minimum atomic E-state index is -0.203. The summed E-state index contributed by atoms with van der Waals surface area (Å²) in [4.78, 5) is 14.8. The number of aromatic nitrogens is 3. The molecule has 2 atom stereocenters. The second-order valence-electron chi connectivity index (χ2n) is 7.94. The van der Waals surface area contributed by atoms with Crippen LogP contribution in [0.5, 0.6) is 11.5 Å². The lowest BCUT2D eigenvalue weighted by molar-refractivity contribution is 0.0668. The lowest BCUT2D eigenvalue weighted by Crippen LogP contribution is -2.49. The van der Waals surface area contributed by atoms with Crippen LogP contribution in [0.2, 0.25) is 0 Å². The molecular weight excluding hydrogens is 370 g/mol. The highest BCUT2D eigenvalue weighted by Gasteiger charge is 2.30. The molecule has 2 unspecified atom stereocenters. The lowest BCUT2D eigenvalue weighted by Gasteiger charge is -2.32. The van der Waals surface area contributed by atoms with Gasteiger partial charge >= 0.3 is 6.03 Å². The molecule has 8 nitrogen and oxygen atoms in total. The Morgan fingerprint density at radius 2 is 2.10 bits per heavy atom. The average molecular weight is 399 g/mol. The van der Waals surface area contributed by atoms with Crippen LogP contribution in [0.1, 0.15) is 44.9 Å². The van der Waals surface area contributed by atoms with Crippen LogP contribution in [0.3, 0.4) is 0 Å². The van der Waals surface area contributed by atoms with E-state index in [1.165, 1.54) is 0 Å². The number of nitrogens with one attached hydrogen (secondary N) is 1. The summed E-state index contributed by atoms with van der Waals surface area (Å²) in [5.74, 6) is 3.53. The zero-order chi connectivity index (χ0) is 20.4. The Morgan fingerprint density at radius 3 is 2.86 bits per heavy atom. The molecule has 0 spiro atoms. The van der Waals surface area contributed by atoms with Gasteiger partial charge in [0.25, 0.3) is 0 Å². The number of aryl methyl sites for hydroxylation is 1. The van der Waals surface area contributed by atoms with Crippen LogP contribution in [0, 0.1) is 5.92 Å². The molecule has 29 heavy (non-hydrogen) atoms. The SMILES string of the molecule is CCN(CC1COc2ccccc2O1)C(=O)NC(c1nnc2n1CCC2)C(C)C. The monoisotopic (exact) mass is 399 g/mol. The van der Waals surface area contributed by atoms with E-state index >= 15 is 0 Å². The second-order valence-corrected chi connectivity index (χ2v) is 7.94. The van der Waals surface area contributed by atoms with E-state index in [1.54, 1.807) is 4.90 Å². The zero-order valence-corrected chi connectivity index (χ0v) is 17.3. The van der Waals surface area contributed by atoms with Gasteiger partial charge in [-0.1, -0.05) is 26.0 Å². The summed E-state index contributed by atoms with van der Waals surface area (Å²) in [7, 11) is 0. The maximum atomic E-state index is 13.1. The molecule has 0 saturated carbocycles. The number of fused-ring (bicyclic) bond motifs is 2. The molecule has 2 aliphatic rings. The van der Waals surface area contributed by atoms with Crippen LogP contribution in [0.4, 0.5) is 4.79 Å². The number of likely N-dealkylation sites (N-methyl/N-ethyl adjacent to an activating group) is 1. The number of hydrogen-bond donors (Lipinski definition) is 1. The van der Waals surface area contributed by atoms with Gasteiger partial charge in [0, 0.05) is 19.5 Å². The molecule has 0 fully saturated rings. The minimum absolute atomic E-state index is 0.121. The fourth-order valence-electron chi connectivity index (χ4n) is 3.91. The highest BCUT2D eigenvalue weighted by atomic mass is 16.6. The van der Waals surface area contributed by atoms with Gasteiger partial charge < -0.3 is 24.3 Å². The summed E-state index contributed by atoms with van der Waals surface area (Å²) in [6, 6.07) is 7.31. The van der Waals surface area contributed by atoms with Gasteiger partial charge in [-0.25, -0.2) is 4.79 Å². The zero-order valence-electron chi connectivity index (χ0n) is 17.3. The van der Waals surface area contributed by atoms with Crippen LogP contribution in [-0.2, 0) is 13.0 Å². The van der Waals surface area contributed by atoms with Crippen LogP contribution >= 0.6 is 0 Å². The molecule has 1 aromatic carbocycles. The molecule has 1 aromatic heterocycles. The molecule has 1 N–H and O–H groups in total.